The number of carbonyl (C=O) groups excluding carboxylic acids is 2. The summed E-state index contributed by atoms with van der Waals surface area (Å²) in [7, 11) is 0. The SMILES string of the molecule is O=C1C2C(C=Cc3ccccc3)NC(Cc3ccc(O)cc3)(C(=O)O)C2C(=O)N1Cc1ccccc1. The van der Waals surface area contributed by atoms with Crippen LogP contribution in [0.4, 0.5) is 0 Å². The first-order chi connectivity index (χ1) is 17.4. The van der Waals surface area contributed by atoms with Crippen LogP contribution in [-0.4, -0.2) is 44.5 Å². The van der Waals surface area contributed by atoms with Gasteiger partial charge in [-0.15, -0.1) is 0 Å². The molecule has 0 bridgehead atoms. The van der Waals surface area contributed by atoms with Crippen molar-refractivity contribution < 1.29 is 24.6 Å². The molecule has 2 fully saturated rings. The Morgan fingerprint density at radius 3 is 2.17 bits per heavy atom. The van der Waals surface area contributed by atoms with Gasteiger partial charge in [0.05, 0.1) is 18.4 Å². The zero-order chi connectivity index (χ0) is 25.3. The maximum atomic E-state index is 13.7. The van der Waals surface area contributed by atoms with Crippen LogP contribution in [0, 0.1) is 11.8 Å². The van der Waals surface area contributed by atoms with E-state index in [0.717, 1.165) is 11.1 Å². The standard InChI is InChI=1S/C29H26N2O5/c32-22-14-11-20(12-15-22)17-29(28(35)36)25-24(23(30-29)16-13-19-7-3-1-4-8-19)26(33)31(27(25)34)18-21-9-5-2-6-10-21/h1-16,23-25,30,32H,17-18H2,(H,35,36). The minimum absolute atomic E-state index is 0.0162. The lowest BCUT2D eigenvalue weighted by atomic mass is 9.76. The molecule has 3 N–H and O–H groups in total. The van der Waals surface area contributed by atoms with E-state index in [-0.39, 0.29) is 24.6 Å². The van der Waals surface area contributed by atoms with Gasteiger partial charge in [0.1, 0.15) is 11.3 Å². The Labute approximate surface area is 208 Å². The van der Waals surface area contributed by atoms with Gasteiger partial charge in [-0.3, -0.25) is 24.6 Å². The number of nitrogens with zero attached hydrogens (tertiary/aromatic N) is 1. The second-order valence-corrected chi connectivity index (χ2v) is 9.31. The van der Waals surface area contributed by atoms with E-state index in [4.69, 9.17) is 0 Å². The molecule has 2 saturated heterocycles. The predicted octanol–water partition coefficient (Wildman–Crippen LogP) is 3.24. The third kappa shape index (κ3) is 4.18. The number of imide groups is 1. The smallest absolute Gasteiger partial charge is 0.325 e. The molecule has 7 heteroatoms. The molecular weight excluding hydrogens is 456 g/mol. The third-order valence-corrected chi connectivity index (χ3v) is 7.06. The Morgan fingerprint density at radius 2 is 1.53 bits per heavy atom. The quantitative estimate of drug-likeness (QED) is 0.447. The highest BCUT2D eigenvalue weighted by Gasteiger charge is 2.67. The molecule has 0 radical (unpaired) electrons. The number of rotatable bonds is 7. The number of carboxylic acids is 1. The van der Waals surface area contributed by atoms with Crippen molar-refractivity contribution in [3.8, 4) is 5.75 Å². The second kappa shape index (κ2) is 9.43. The van der Waals surface area contributed by atoms with E-state index in [0.29, 0.717) is 5.56 Å². The van der Waals surface area contributed by atoms with Gasteiger partial charge in [-0.1, -0.05) is 84.9 Å². The lowest BCUT2D eigenvalue weighted by Crippen LogP contribution is -2.58. The van der Waals surface area contributed by atoms with E-state index in [1.54, 1.807) is 18.2 Å². The summed E-state index contributed by atoms with van der Waals surface area (Å²) in [4.78, 5) is 41.4. The number of likely N-dealkylation sites (tertiary alicyclic amines) is 1. The van der Waals surface area contributed by atoms with Gasteiger partial charge in [0.15, 0.2) is 0 Å². The van der Waals surface area contributed by atoms with Crippen molar-refractivity contribution in [3.05, 3.63) is 108 Å². The minimum Gasteiger partial charge on any atom is -0.508 e. The lowest BCUT2D eigenvalue weighted by molar-refractivity contribution is -0.151. The molecule has 3 aromatic rings. The molecule has 2 amide bonds. The molecule has 7 nitrogen and oxygen atoms in total. The molecule has 0 spiro atoms. The van der Waals surface area contributed by atoms with E-state index in [1.165, 1.54) is 17.0 Å². The molecule has 4 atom stereocenters. The van der Waals surface area contributed by atoms with E-state index in [1.807, 2.05) is 66.7 Å². The monoisotopic (exact) mass is 482 g/mol. The van der Waals surface area contributed by atoms with Crippen molar-refractivity contribution >= 4 is 23.9 Å². The number of fused-ring (bicyclic) bond motifs is 1. The van der Waals surface area contributed by atoms with Gasteiger partial charge in [0.25, 0.3) is 0 Å². The van der Waals surface area contributed by atoms with E-state index >= 15 is 0 Å². The van der Waals surface area contributed by atoms with Crippen LogP contribution in [0.3, 0.4) is 0 Å². The second-order valence-electron chi connectivity index (χ2n) is 9.31. The number of nitrogens with one attached hydrogen (secondary N) is 1. The molecule has 4 unspecified atom stereocenters. The molecule has 3 aromatic carbocycles. The summed E-state index contributed by atoms with van der Waals surface area (Å²) in [5, 5.41) is 23.3. The van der Waals surface area contributed by atoms with Crippen LogP contribution in [-0.2, 0) is 27.3 Å². The van der Waals surface area contributed by atoms with Gasteiger partial charge in [0.2, 0.25) is 11.8 Å². The van der Waals surface area contributed by atoms with E-state index < -0.39 is 35.3 Å². The zero-order valence-corrected chi connectivity index (χ0v) is 19.5. The molecule has 0 saturated carbocycles. The number of carbonyl (C=O) groups is 3. The molecule has 5 rings (SSSR count). The number of aliphatic carboxylic acids is 1. The first-order valence-corrected chi connectivity index (χ1v) is 11.8. The normalized spacial score (nSPS) is 25.4. The van der Waals surface area contributed by atoms with Crippen LogP contribution >= 0.6 is 0 Å². The fourth-order valence-corrected chi connectivity index (χ4v) is 5.34. The third-order valence-electron chi connectivity index (χ3n) is 7.06. The first-order valence-electron chi connectivity index (χ1n) is 11.8. The average Bonchev–Trinajstić information content (AvgIpc) is 3.35. The van der Waals surface area contributed by atoms with Crippen LogP contribution in [0.2, 0.25) is 0 Å². The molecule has 0 aliphatic carbocycles. The van der Waals surface area contributed by atoms with Gasteiger partial charge < -0.3 is 10.2 Å². The number of hydrogen-bond acceptors (Lipinski definition) is 5. The predicted molar refractivity (Wildman–Crippen MR) is 134 cm³/mol. The highest BCUT2D eigenvalue weighted by atomic mass is 16.4. The zero-order valence-electron chi connectivity index (χ0n) is 19.5. The molecule has 0 aromatic heterocycles. The van der Waals surface area contributed by atoms with Crippen molar-refractivity contribution in [1.29, 1.82) is 0 Å². The highest BCUT2D eigenvalue weighted by molar-refractivity contribution is 6.09. The Morgan fingerprint density at radius 1 is 0.889 bits per heavy atom. The van der Waals surface area contributed by atoms with Gasteiger partial charge in [-0.05, 0) is 28.8 Å². The van der Waals surface area contributed by atoms with Crippen molar-refractivity contribution in [2.75, 3.05) is 0 Å². The summed E-state index contributed by atoms with van der Waals surface area (Å²) in [5.74, 6) is -3.93. The fraction of sp³-hybridized carbons (Fsp3) is 0.207. The Kier molecular flexibility index (Phi) is 6.16. The maximum Gasteiger partial charge on any atom is 0.325 e. The van der Waals surface area contributed by atoms with Crippen LogP contribution in [0.1, 0.15) is 16.7 Å². The highest BCUT2D eigenvalue weighted by Crippen LogP contribution is 2.45. The molecule has 2 aliphatic heterocycles. The molecule has 182 valence electrons. The van der Waals surface area contributed by atoms with Crippen LogP contribution in [0.5, 0.6) is 5.75 Å². The summed E-state index contributed by atoms with van der Waals surface area (Å²) in [5.41, 5.74) is 0.643. The minimum atomic E-state index is -1.69. The van der Waals surface area contributed by atoms with Crippen LogP contribution in [0.15, 0.2) is 91.0 Å². The first kappa shape index (κ1) is 23.5. The maximum absolute atomic E-state index is 13.7. The summed E-state index contributed by atoms with van der Waals surface area (Å²) in [6.07, 6.45) is 3.61. The Bertz CT molecular complexity index is 1310. The Hall–Kier alpha value is -4.23. The topological polar surface area (TPSA) is 107 Å². The summed E-state index contributed by atoms with van der Waals surface area (Å²) >= 11 is 0. The lowest BCUT2D eigenvalue weighted by Gasteiger charge is -2.31. The molecule has 2 aliphatic rings. The van der Waals surface area contributed by atoms with Crippen LogP contribution in [0.25, 0.3) is 6.08 Å². The Balaban J connectivity index is 1.55. The van der Waals surface area contributed by atoms with E-state index in [9.17, 15) is 24.6 Å². The number of aromatic hydroxyl groups is 1. The molecule has 2 heterocycles. The number of carboxylic acid groups (broad SMARTS) is 1. The summed E-state index contributed by atoms with van der Waals surface area (Å²) in [6.45, 7) is 0.0928. The number of phenols is 1. The number of benzene rings is 3. The summed E-state index contributed by atoms with van der Waals surface area (Å²) < 4.78 is 0. The fourth-order valence-electron chi connectivity index (χ4n) is 5.34. The average molecular weight is 483 g/mol. The van der Waals surface area contributed by atoms with E-state index in [2.05, 4.69) is 5.32 Å². The van der Waals surface area contributed by atoms with Crippen molar-refractivity contribution in [2.45, 2.75) is 24.5 Å². The number of hydrogen-bond donors (Lipinski definition) is 3. The molecular formula is C29H26N2O5. The van der Waals surface area contributed by atoms with Gasteiger partial charge in [0, 0.05) is 12.5 Å². The molecule has 36 heavy (non-hydrogen) atoms. The van der Waals surface area contributed by atoms with Crippen molar-refractivity contribution in [2.24, 2.45) is 11.8 Å². The van der Waals surface area contributed by atoms with Gasteiger partial charge >= 0.3 is 5.97 Å². The largest absolute Gasteiger partial charge is 0.508 e. The summed E-state index contributed by atoms with van der Waals surface area (Å²) in [6, 6.07) is 24.3. The van der Waals surface area contributed by atoms with Gasteiger partial charge in [-0.25, -0.2) is 0 Å². The number of amides is 2. The van der Waals surface area contributed by atoms with Crippen LogP contribution < -0.4 is 5.32 Å². The van der Waals surface area contributed by atoms with Crippen molar-refractivity contribution in [3.63, 3.8) is 0 Å². The number of phenolic OH excluding ortho intramolecular Hbond substituents is 1. The van der Waals surface area contributed by atoms with Crippen molar-refractivity contribution in [1.82, 2.24) is 10.2 Å². The van der Waals surface area contributed by atoms with Gasteiger partial charge in [-0.2, -0.15) is 0 Å².